The van der Waals surface area contributed by atoms with E-state index in [2.05, 4.69) is 18.7 Å². The van der Waals surface area contributed by atoms with Crippen molar-refractivity contribution in [1.82, 2.24) is 0 Å². The summed E-state index contributed by atoms with van der Waals surface area (Å²) in [7, 11) is 0. The molecule has 2 aliphatic carbocycles. The lowest BCUT2D eigenvalue weighted by atomic mass is 9.69. The lowest BCUT2D eigenvalue weighted by molar-refractivity contribution is 0.153. The van der Waals surface area contributed by atoms with Gasteiger partial charge in [0.15, 0.2) is 0 Å². The van der Waals surface area contributed by atoms with E-state index in [-0.39, 0.29) is 0 Å². The van der Waals surface area contributed by atoms with Gasteiger partial charge in [-0.1, -0.05) is 36.6 Å². The minimum atomic E-state index is 0.762. The Morgan fingerprint density at radius 2 is 1.47 bits per heavy atom. The summed E-state index contributed by atoms with van der Waals surface area (Å²) in [5, 5.41) is 0. The highest BCUT2D eigenvalue weighted by atomic mass is 35.5. The van der Waals surface area contributed by atoms with Crippen molar-refractivity contribution in [3.63, 3.8) is 0 Å². The van der Waals surface area contributed by atoms with E-state index in [0.717, 1.165) is 23.7 Å². The van der Waals surface area contributed by atoms with Crippen LogP contribution in [0.3, 0.4) is 0 Å². The molecule has 0 N–H and O–H groups in total. The van der Waals surface area contributed by atoms with Gasteiger partial charge in [0.2, 0.25) is 0 Å². The summed E-state index contributed by atoms with van der Waals surface area (Å²) in [5.41, 5.74) is 1.72. The van der Waals surface area contributed by atoms with Crippen LogP contribution in [0.15, 0.2) is 24.3 Å². The SMILES string of the molecule is C=CCCC1CCC(C2CCC(C=CCl)CC2)CC1. The molecule has 0 atom stereocenters. The van der Waals surface area contributed by atoms with Crippen molar-refractivity contribution in [2.45, 2.75) is 64.2 Å². The molecular weight excluding hydrogens is 252 g/mol. The van der Waals surface area contributed by atoms with Crippen molar-refractivity contribution in [1.29, 1.82) is 0 Å². The fourth-order valence-electron chi connectivity index (χ4n) is 4.21. The van der Waals surface area contributed by atoms with E-state index in [9.17, 15) is 0 Å². The summed E-state index contributed by atoms with van der Waals surface area (Å²) in [5.74, 6) is 3.80. The van der Waals surface area contributed by atoms with E-state index < -0.39 is 0 Å². The predicted octanol–water partition coefficient (Wildman–Crippen LogP) is 6.32. The van der Waals surface area contributed by atoms with Crippen LogP contribution in [-0.2, 0) is 0 Å². The van der Waals surface area contributed by atoms with Crippen LogP contribution in [0.2, 0.25) is 0 Å². The van der Waals surface area contributed by atoms with Crippen molar-refractivity contribution in [2.24, 2.45) is 23.7 Å². The molecule has 0 spiro atoms. The van der Waals surface area contributed by atoms with Crippen molar-refractivity contribution in [3.05, 3.63) is 24.3 Å². The second-order valence-corrected chi connectivity index (χ2v) is 6.89. The van der Waals surface area contributed by atoms with Gasteiger partial charge in [-0.15, -0.1) is 6.58 Å². The number of allylic oxidation sites excluding steroid dienone is 2. The Bertz CT molecular complexity index is 278. The molecule has 2 rings (SSSR count). The van der Waals surface area contributed by atoms with Crippen LogP contribution in [0.25, 0.3) is 0 Å². The lowest BCUT2D eigenvalue weighted by Gasteiger charge is -2.37. The van der Waals surface area contributed by atoms with Gasteiger partial charge in [0.25, 0.3) is 0 Å². The monoisotopic (exact) mass is 280 g/mol. The summed E-state index contributed by atoms with van der Waals surface area (Å²) in [6.07, 6.45) is 18.4. The van der Waals surface area contributed by atoms with Crippen molar-refractivity contribution < 1.29 is 0 Å². The second-order valence-electron chi connectivity index (χ2n) is 6.64. The van der Waals surface area contributed by atoms with E-state index in [4.69, 9.17) is 11.6 Å². The Labute approximate surface area is 124 Å². The molecule has 2 fully saturated rings. The average molecular weight is 281 g/mol. The van der Waals surface area contributed by atoms with Gasteiger partial charge >= 0.3 is 0 Å². The van der Waals surface area contributed by atoms with Gasteiger partial charge in [0.05, 0.1) is 0 Å². The molecule has 1 heteroatoms. The highest BCUT2D eigenvalue weighted by molar-refractivity contribution is 6.25. The zero-order valence-corrected chi connectivity index (χ0v) is 13.0. The molecule has 0 aromatic heterocycles. The topological polar surface area (TPSA) is 0 Å². The first-order chi connectivity index (χ1) is 9.33. The average Bonchev–Trinajstić information content (AvgIpc) is 2.47. The lowest BCUT2D eigenvalue weighted by Crippen LogP contribution is -2.25. The second kappa shape index (κ2) is 8.15. The maximum atomic E-state index is 5.69. The predicted molar refractivity (Wildman–Crippen MR) is 85.3 cm³/mol. The van der Waals surface area contributed by atoms with E-state index in [1.165, 1.54) is 64.2 Å². The Morgan fingerprint density at radius 3 is 2.00 bits per heavy atom. The molecule has 19 heavy (non-hydrogen) atoms. The smallest absolute Gasteiger partial charge is 0.000525 e. The third-order valence-corrected chi connectivity index (χ3v) is 5.64. The molecule has 0 heterocycles. The highest BCUT2D eigenvalue weighted by Crippen LogP contribution is 2.42. The molecule has 0 saturated heterocycles. The standard InChI is InChI=1S/C18H29Cl/c1-2-3-4-15-5-9-17(10-6-15)18-11-7-16(8-12-18)13-14-19/h2,13-18H,1,3-12H2. The zero-order valence-electron chi connectivity index (χ0n) is 12.2. The van der Waals surface area contributed by atoms with E-state index in [1.807, 2.05) is 0 Å². The Morgan fingerprint density at radius 1 is 0.895 bits per heavy atom. The van der Waals surface area contributed by atoms with Gasteiger partial charge in [-0.05, 0) is 75.0 Å². The van der Waals surface area contributed by atoms with Gasteiger partial charge in [0, 0.05) is 5.54 Å². The molecule has 0 nitrogen and oxygen atoms in total. The molecule has 0 bridgehead atoms. The van der Waals surface area contributed by atoms with E-state index in [0.29, 0.717) is 0 Å². The van der Waals surface area contributed by atoms with Crippen LogP contribution in [0.5, 0.6) is 0 Å². The molecule has 0 aromatic carbocycles. The summed E-state index contributed by atoms with van der Waals surface area (Å²) in [6.45, 7) is 3.84. The molecule has 0 radical (unpaired) electrons. The first-order valence-electron chi connectivity index (χ1n) is 8.21. The minimum absolute atomic E-state index is 0.762. The zero-order chi connectivity index (χ0) is 13.5. The van der Waals surface area contributed by atoms with Gasteiger partial charge in [-0.3, -0.25) is 0 Å². The third-order valence-electron chi connectivity index (χ3n) is 5.50. The van der Waals surface area contributed by atoms with Crippen molar-refractivity contribution >= 4 is 11.6 Å². The number of halogens is 1. The maximum absolute atomic E-state index is 5.69. The molecule has 0 aliphatic heterocycles. The van der Waals surface area contributed by atoms with Gasteiger partial charge in [-0.25, -0.2) is 0 Å². The van der Waals surface area contributed by atoms with E-state index >= 15 is 0 Å². The van der Waals surface area contributed by atoms with Crippen LogP contribution in [0, 0.1) is 23.7 Å². The summed E-state index contributed by atoms with van der Waals surface area (Å²) in [6, 6.07) is 0. The molecular formula is C18H29Cl. The molecule has 0 amide bonds. The van der Waals surface area contributed by atoms with Gasteiger partial charge in [-0.2, -0.15) is 0 Å². The molecule has 0 unspecified atom stereocenters. The normalized spacial score (nSPS) is 36.5. The molecule has 108 valence electrons. The largest absolute Gasteiger partial charge is 0.103 e. The summed E-state index contributed by atoms with van der Waals surface area (Å²) >= 11 is 5.69. The van der Waals surface area contributed by atoms with Crippen molar-refractivity contribution in [2.75, 3.05) is 0 Å². The first-order valence-corrected chi connectivity index (χ1v) is 8.65. The van der Waals surface area contributed by atoms with Crippen LogP contribution in [0.1, 0.15) is 64.2 Å². The Hall–Kier alpha value is -0.230. The number of hydrogen-bond donors (Lipinski definition) is 0. The number of hydrogen-bond acceptors (Lipinski definition) is 0. The number of rotatable bonds is 5. The van der Waals surface area contributed by atoms with Gasteiger partial charge < -0.3 is 0 Å². The Kier molecular flexibility index (Phi) is 6.50. The first kappa shape index (κ1) is 15.2. The minimum Gasteiger partial charge on any atom is -0.103 e. The quantitative estimate of drug-likeness (QED) is 0.517. The van der Waals surface area contributed by atoms with Crippen LogP contribution in [0.4, 0.5) is 0 Å². The van der Waals surface area contributed by atoms with Crippen LogP contribution >= 0.6 is 11.6 Å². The van der Waals surface area contributed by atoms with E-state index in [1.54, 1.807) is 5.54 Å². The highest BCUT2D eigenvalue weighted by Gasteiger charge is 2.29. The fourth-order valence-corrected chi connectivity index (χ4v) is 4.42. The Balaban J connectivity index is 1.69. The van der Waals surface area contributed by atoms with Gasteiger partial charge in [0.1, 0.15) is 0 Å². The molecule has 2 aliphatic rings. The van der Waals surface area contributed by atoms with Crippen LogP contribution < -0.4 is 0 Å². The van der Waals surface area contributed by atoms with Crippen LogP contribution in [-0.4, -0.2) is 0 Å². The third kappa shape index (κ3) is 4.67. The summed E-state index contributed by atoms with van der Waals surface area (Å²) < 4.78 is 0. The molecule has 0 aromatic rings. The summed E-state index contributed by atoms with van der Waals surface area (Å²) in [4.78, 5) is 0. The maximum Gasteiger partial charge on any atom is 0.000525 e. The van der Waals surface area contributed by atoms with Crippen molar-refractivity contribution in [3.8, 4) is 0 Å². The molecule has 2 saturated carbocycles. The fraction of sp³-hybridized carbons (Fsp3) is 0.778.